The van der Waals surface area contributed by atoms with Gasteiger partial charge in [-0.1, -0.05) is 13.0 Å². The largest absolute Gasteiger partial charge is 0.416 e. The Bertz CT molecular complexity index is 1240. The lowest BCUT2D eigenvalue weighted by Gasteiger charge is -2.28. The summed E-state index contributed by atoms with van der Waals surface area (Å²) in [5.41, 5.74) is 0.116. The number of nitrogens with one attached hydrogen (secondary N) is 1. The van der Waals surface area contributed by atoms with E-state index in [2.05, 4.69) is 20.5 Å². The Kier molecular flexibility index (Phi) is 5.51. The van der Waals surface area contributed by atoms with Gasteiger partial charge in [-0.25, -0.2) is 4.98 Å². The molecule has 1 saturated heterocycles. The van der Waals surface area contributed by atoms with Gasteiger partial charge in [-0.3, -0.25) is 9.69 Å². The van der Waals surface area contributed by atoms with Gasteiger partial charge >= 0.3 is 6.18 Å². The number of benzene rings is 1. The number of pyridine rings is 1. The van der Waals surface area contributed by atoms with E-state index in [9.17, 15) is 18.0 Å². The summed E-state index contributed by atoms with van der Waals surface area (Å²) in [5, 5.41) is 11.3. The number of rotatable bonds is 6. The molecule has 1 fully saturated rings. The molecule has 11 heteroatoms. The van der Waals surface area contributed by atoms with Crippen LogP contribution in [-0.4, -0.2) is 44.9 Å². The second kappa shape index (κ2) is 8.39. The van der Waals surface area contributed by atoms with Crippen molar-refractivity contribution < 1.29 is 22.7 Å². The van der Waals surface area contributed by atoms with Crippen molar-refractivity contribution in [2.24, 2.45) is 7.05 Å². The van der Waals surface area contributed by atoms with Crippen LogP contribution in [0.3, 0.4) is 0 Å². The first kappa shape index (κ1) is 22.3. The number of anilines is 2. The highest BCUT2D eigenvalue weighted by atomic mass is 19.4. The molecule has 34 heavy (non-hydrogen) atoms. The lowest BCUT2D eigenvalue weighted by molar-refractivity contribution is -0.138. The Morgan fingerprint density at radius 3 is 2.71 bits per heavy atom. The number of carbonyl (C=O) groups excluding carboxylic acids is 1. The van der Waals surface area contributed by atoms with Crippen molar-refractivity contribution in [3.8, 4) is 0 Å². The molecule has 0 saturated carbocycles. The maximum atomic E-state index is 13.6. The normalized spacial score (nSPS) is 17.0. The Labute approximate surface area is 193 Å². The van der Waals surface area contributed by atoms with E-state index in [1.807, 2.05) is 24.6 Å². The maximum absolute atomic E-state index is 13.6. The first-order valence-corrected chi connectivity index (χ1v) is 10.9. The molecular weight excluding hydrogens is 449 g/mol. The third-order valence-corrected chi connectivity index (χ3v) is 6.24. The topological polar surface area (TPSA) is 85.2 Å². The van der Waals surface area contributed by atoms with Gasteiger partial charge < -0.3 is 14.6 Å². The number of fused-ring (bicyclic) bond motifs is 1. The third-order valence-electron chi connectivity index (χ3n) is 6.24. The van der Waals surface area contributed by atoms with E-state index in [0.29, 0.717) is 31.3 Å². The monoisotopic (exact) mass is 472 g/mol. The molecule has 0 aliphatic carbocycles. The Morgan fingerprint density at radius 2 is 2.06 bits per heavy atom. The smallest absolute Gasteiger partial charge is 0.377 e. The number of carbonyl (C=O) groups is 1. The molecule has 0 radical (unpaired) electrons. The molecule has 2 aliphatic rings. The molecular formula is C23H23F3N6O2. The number of halogens is 3. The van der Waals surface area contributed by atoms with Crippen LogP contribution in [0.2, 0.25) is 0 Å². The molecule has 1 amide bonds. The van der Waals surface area contributed by atoms with Crippen molar-refractivity contribution in [3.63, 3.8) is 0 Å². The maximum Gasteiger partial charge on any atom is 0.416 e. The molecule has 3 aromatic rings. The third kappa shape index (κ3) is 4.11. The van der Waals surface area contributed by atoms with Gasteiger partial charge in [-0.05, 0) is 41.3 Å². The second-order valence-electron chi connectivity index (χ2n) is 8.71. The quantitative estimate of drug-likeness (QED) is 0.591. The number of aromatic nitrogens is 4. The van der Waals surface area contributed by atoms with Gasteiger partial charge in [0.1, 0.15) is 23.8 Å². The van der Waals surface area contributed by atoms with Crippen molar-refractivity contribution in [3.05, 3.63) is 64.7 Å². The Balaban J connectivity index is 1.50. The number of hydrogen-bond donors (Lipinski definition) is 1. The number of hydrogen-bond acceptors (Lipinski definition) is 6. The average Bonchev–Trinajstić information content (AvgIpc) is 3.32. The van der Waals surface area contributed by atoms with E-state index in [-0.39, 0.29) is 29.6 Å². The van der Waals surface area contributed by atoms with Gasteiger partial charge in [0.05, 0.1) is 31.4 Å². The van der Waals surface area contributed by atoms with Crippen molar-refractivity contribution in [2.75, 3.05) is 23.4 Å². The standard InChI is InChI=1S/C23H23F3N6O2/c1-13(6-21-30-27-12-31(21)2)14-7-19(28-15-10-34-11-15)29-20(8-14)32-9-17-16(22(32)33)4-3-5-18(17)23(24,25)26/h3-5,7-8,12-13,15H,6,9-11H2,1-2H3,(H,28,29). The van der Waals surface area contributed by atoms with Crippen molar-refractivity contribution in [1.29, 1.82) is 0 Å². The van der Waals surface area contributed by atoms with E-state index in [4.69, 9.17) is 4.74 Å². The van der Waals surface area contributed by atoms with E-state index in [1.165, 1.54) is 17.0 Å². The van der Waals surface area contributed by atoms with Crippen LogP contribution in [0, 0.1) is 0 Å². The number of nitrogens with zero attached hydrogens (tertiary/aromatic N) is 5. The summed E-state index contributed by atoms with van der Waals surface area (Å²) in [4.78, 5) is 19.0. The minimum atomic E-state index is -4.54. The Morgan fingerprint density at radius 1 is 1.26 bits per heavy atom. The minimum Gasteiger partial charge on any atom is -0.377 e. The van der Waals surface area contributed by atoms with Gasteiger partial charge in [-0.2, -0.15) is 13.2 Å². The zero-order valence-corrected chi connectivity index (χ0v) is 18.6. The summed E-state index contributed by atoms with van der Waals surface area (Å²) >= 11 is 0. The zero-order valence-electron chi connectivity index (χ0n) is 18.6. The number of aryl methyl sites for hydroxylation is 1. The van der Waals surface area contributed by atoms with Crippen LogP contribution in [0.5, 0.6) is 0 Å². The molecule has 0 spiro atoms. The Hall–Kier alpha value is -3.47. The van der Waals surface area contributed by atoms with E-state index in [0.717, 1.165) is 17.5 Å². The van der Waals surface area contributed by atoms with Crippen LogP contribution >= 0.6 is 0 Å². The summed E-state index contributed by atoms with van der Waals surface area (Å²) in [6.45, 7) is 2.91. The van der Waals surface area contributed by atoms with Crippen LogP contribution in [0.25, 0.3) is 0 Å². The number of alkyl halides is 3. The van der Waals surface area contributed by atoms with Gasteiger partial charge in [0, 0.05) is 19.0 Å². The lowest BCUT2D eigenvalue weighted by Crippen LogP contribution is -2.40. The summed E-state index contributed by atoms with van der Waals surface area (Å²) < 4.78 is 47.7. The summed E-state index contributed by atoms with van der Waals surface area (Å²) in [7, 11) is 1.86. The van der Waals surface area contributed by atoms with E-state index in [1.54, 1.807) is 12.4 Å². The first-order valence-electron chi connectivity index (χ1n) is 10.9. The van der Waals surface area contributed by atoms with Crippen LogP contribution in [0.4, 0.5) is 24.8 Å². The number of amides is 1. The summed E-state index contributed by atoms with van der Waals surface area (Å²) in [6, 6.07) is 7.45. The first-order chi connectivity index (χ1) is 16.2. The van der Waals surface area contributed by atoms with Gasteiger partial charge in [0.2, 0.25) is 0 Å². The molecule has 2 aromatic heterocycles. The van der Waals surface area contributed by atoms with Gasteiger partial charge in [0.25, 0.3) is 5.91 Å². The summed E-state index contributed by atoms with van der Waals surface area (Å²) in [5.74, 6) is 1.15. The molecule has 1 atom stereocenters. The van der Waals surface area contributed by atoms with Crippen LogP contribution < -0.4 is 10.2 Å². The van der Waals surface area contributed by atoms with E-state index >= 15 is 0 Å². The SMILES string of the molecule is CC(Cc1nncn1C)c1cc(NC2COC2)nc(N2Cc3c(cccc3C(F)(F)F)C2=O)c1. The molecule has 1 N–H and O–H groups in total. The van der Waals surface area contributed by atoms with Crippen molar-refractivity contribution in [1.82, 2.24) is 19.7 Å². The molecule has 8 nitrogen and oxygen atoms in total. The van der Waals surface area contributed by atoms with Crippen LogP contribution in [0.15, 0.2) is 36.7 Å². The molecule has 2 aliphatic heterocycles. The molecule has 0 bridgehead atoms. The fraction of sp³-hybridized carbons (Fsp3) is 0.391. The van der Waals surface area contributed by atoms with Gasteiger partial charge in [-0.15, -0.1) is 10.2 Å². The fourth-order valence-electron chi connectivity index (χ4n) is 4.23. The molecule has 4 heterocycles. The molecule has 5 rings (SSSR count). The molecule has 1 unspecified atom stereocenters. The summed E-state index contributed by atoms with van der Waals surface area (Å²) in [6.07, 6.45) is -2.32. The zero-order chi connectivity index (χ0) is 24.0. The molecule has 178 valence electrons. The van der Waals surface area contributed by atoms with E-state index < -0.39 is 17.6 Å². The van der Waals surface area contributed by atoms with Gasteiger partial charge in [0.15, 0.2) is 0 Å². The van der Waals surface area contributed by atoms with Crippen LogP contribution in [0.1, 0.15) is 45.7 Å². The predicted molar refractivity (Wildman–Crippen MR) is 118 cm³/mol. The van der Waals surface area contributed by atoms with Crippen molar-refractivity contribution >= 4 is 17.5 Å². The highest BCUT2D eigenvalue weighted by molar-refractivity contribution is 6.10. The minimum absolute atomic E-state index is 0.00587. The molecule has 1 aromatic carbocycles. The highest BCUT2D eigenvalue weighted by Crippen LogP contribution is 2.39. The lowest BCUT2D eigenvalue weighted by atomic mass is 9.97. The average molecular weight is 472 g/mol. The predicted octanol–water partition coefficient (Wildman–Crippen LogP) is 3.55. The van der Waals surface area contributed by atoms with Crippen molar-refractivity contribution in [2.45, 2.75) is 38.0 Å². The second-order valence-corrected chi connectivity index (χ2v) is 8.71. The fourth-order valence-corrected chi connectivity index (χ4v) is 4.23. The van der Waals surface area contributed by atoms with Crippen LogP contribution in [-0.2, 0) is 30.9 Å². The highest BCUT2D eigenvalue weighted by Gasteiger charge is 2.40. The number of ether oxygens (including phenoxy) is 1.